The molecule has 10 heteroatoms. The van der Waals surface area contributed by atoms with Crippen molar-refractivity contribution < 1.29 is 22.4 Å². The lowest BCUT2D eigenvalue weighted by molar-refractivity contribution is -0.115. The van der Waals surface area contributed by atoms with Crippen molar-refractivity contribution in [3.05, 3.63) is 47.4 Å². The molecule has 0 unspecified atom stereocenters. The highest BCUT2D eigenvalue weighted by molar-refractivity contribution is 6.17. The van der Waals surface area contributed by atoms with Crippen molar-refractivity contribution in [3.63, 3.8) is 0 Å². The number of nitrogens with one attached hydrogen (secondary N) is 2. The summed E-state index contributed by atoms with van der Waals surface area (Å²) in [5, 5.41) is 2.25. The Morgan fingerprint density at radius 1 is 1.16 bits per heavy atom. The number of aromatic amines is 1. The lowest BCUT2D eigenvalue weighted by Gasteiger charge is -2.25. The molecule has 170 valence electrons. The number of ketones is 1. The quantitative estimate of drug-likeness (QED) is 0.312. The van der Waals surface area contributed by atoms with E-state index in [-0.39, 0.29) is 28.0 Å². The number of halogens is 4. The number of nitrogens with zero attached hydrogens (tertiary/aromatic N) is 3. The number of alkyl halides is 3. The van der Waals surface area contributed by atoms with E-state index in [4.69, 9.17) is 0 Å². The third kappa shape index (κ3) is 4.89. The Morgan fingerprint density at radius 3 is 2.59 bits per heavy atom. The fraction of sp³-hybridized carbons (Fsp3) is 0.455. The normalized spacial score (nSPS) is 19.3. The number of fused-ring (bicyclic) bond motifs is 1. The molecule has 0 aromatic carbocycles. The molecule has 0 spiro atoms. The van der Waals surface area contributed by atoms with Crippen LogP contribution in [-0.4, -0.2) is 38.4 Å². The van der Waals surface area contributed by atoms with E-state index >= 15 is 0 Å². The molecule has 3 heterocycles. The van der Waals surface area contributed by atoms with Gasteiger partial charge in [0.1, 0.15) is 24.3 Å². The van der Waals surface area contributed by atoms with Gasteiger partial charge in [-0.15, -0.1) is 0 Å². The van der Waals surface area contributed by atoms with E-state index in [1.54, 1.807) is 6.07 Å². The van der Waals surface area contributed by atoms with Crippen LogP contribution in [0.15, 0.2) is 24.7 Å². The fourth-order valence-electron chi connectivity index (χ4n) is 4.19. The van der Waals surface area contributed by atoms with Gasteiger partial charge in [0.05, 0.1) is 16.5 Å². The van der Waals surface area contributed by atoms with E-state index in [0.717, 1.165) is 32.0 Å². The maximum absolute atomic E-state index is 14.8. The van der Waals surface area contributed by atoms with E-state index < -0.39 is 24.5 Å². The van der Waals surface area contributed by atoms with Gasteiger partial charge in [0.25, 0.3) is 0 Å². The maximum atomic E-state index is 14.8. The van der Waals surface area contributed by atoms with Crippen molar-refractivity contribution in [2.45, 2.75) is 45.2 Å². The summed E-state index contributed by atoms with van der Waals surface area (Å²) in [4.78, 5) is 27.5. The van der Waals surface area contributed by atoms with Gasteiger partial charge < -0.3 is 10.3 Å². The van der Waals surface area contributed by atoms with Gasteiger partial charge in [0.15, 0.2) is 5.78 Å². The molecule has 0 aliphatic heterocycles. The predicted octanol–water partition coefficient (Wildman–Crippen LogP) is 5.07. The van der Waals surface area contributed by atoms with Crippen LogP contribution in [0.5, 0.6) is 0 Å². The Kier molecular flexibility index (Phi) is 6.12. The van der Waals surface area contributed by atoms with Crippen molar-refractivity contribution in [2.75, 3.05) is 11.9 Å². The largest absolute Gasteiger partial charge is 0.405 e. The van der Waals surface area contributed by atoms with Crippen molar-refractivity contribution in [1.82, 2.24) is 19.9 Å². The molecule has 32 heavy (non-hydrogen) atoms. The van der Waals surface area contributed by atoms with Crippen LogP contribution in [0.2, 0.25) is 0 Å². The number of hydrogen-bond donors (Lipinski definition) is 2. The smallest absolute Gasteiger partial charge is 0.360 e. The SMILES string of the molecule is CC1CCC(Cc2ccc(C(=O)c3c[nH]c4ncnc(NCC(F)(F)F)c34)c(F)n2)CC1. The highest BCUT2D eigenvalue weighted by atomic mass is 19.4. The average molecular weight is 449 g/mol. The van der Waals surface area contributed by atoms with E-state index in [2.05, 4.69) is 32.2 Å². The molecule has 0 atom stereocenters. The lowest BCUT2D eigenvalue weighted by Crippen LogP contribution is -2.22. The first-order chi connectivity index (χ1) is 15.2. The molecule has 3 aromatic heterocycles. The van der Waals surface area contributed by atoms with Crippen LogP contribution in [0.4, 0.5) is 23.4 Å². The van der Waals surface area contributed by atoms with Gasteiger partial charge in [0, 0.05) is 11.9 Å². The second-order valence-electron chi connectivity index (χ2n) is 8.42. The summed E-state index contributed by atoms with van der Waals surface area (Å²) in [6, 6.07) is 3.03. The molecule has 0 amide bonds. The first kappa shape index (κ1) is 22.2. The average Bonchev–Trinajstić information content (AvgIpc) is 3.18. The van der Waals surface area contributed by atoms with Gasteiger partial charge in [0.2, 0.25) is 5.95 Å². The van der Waals surface area contributed by atoms with Gasteiger partial charge >= 0.3 is 6.18 Å². The van der Waals surface area contributed by atoms with E-state index in [9.17, 15) is 22.4 Å². The molecule has 1 aliphatic carbocycles. The number of rotatable bonds is 6. The van der Waals surface area contributed by atoms with Crippen LogP contribution in [0, 0.1) is 17.8 Å². The zero-order valence-corrected chi connectivity index (χ0v) is 17.5. The second kappa shape index (κ2) is 8.84. The topological polar surface area (TPSA) is 83.6 Å². The Morgan fingerprint density at radius 2 is 1.91 bits per heavy atom. The predicted molar refractivity (Wildman–Crippen MR) is 111 cm³/mol. The molecule has 1 aliphatic rings. The Labute approximate surface area is 181 Å². The summed E-state index contributed by atoms with van der Waals surface area (Å²) in [7, 11) is 0. The molecular weight excluding hydrogens is 426 g/mol. The second-order valence-corrected chi connectivity index (χ2v) is 8.42. The Balaban J connectivity index is 1.57. The molecule has 3 aromatic rings. The summed E-state index contributed by atoms with van der Waals surface area (Å²) in [6.45, 7) is 0.900. The molecule has 6 nitrogen and oxygen atoms in total. The van der Waals surface area contributed by atoms with Crippen LogP contribution in [0.1, 0.15) is 54.2 Å². The van der Waals surface area contributed by atoms with Crippen molar-refractivity contribution in [2.24, 2.45) is 11.8 Å². The minimum absolute atomic E-state index is 0.0278. The number of carbonyl (C=O) groups is 1. The molecule has 0 radical (unpaired) electrons. The molecule has 1 fully saturated rings. The Bertz CT molecular complexity index is 1120. The van der Waals surface area contributed by atoms with Crippen LogP contribution in [-0.2, 0) is 6.42 Å². The van der Waals surface area contributed by atoms with E-state index in [1.807, 2.05) is 0 Å². The van der Waals surface area contributed by atoms with E-state index in [0.29, 0.717) is 24.0 Å². The van der Waals surface area contributed by atoms with Gasteiger partial charge in [-0.1, -0.05) is 19.8 Å². The molecular formula is C22H23F4N5O. The van der Waals surface area contributed by atoms with Crippen LogP contribution < -0.4 is 5.32 Å². The summed E-state index contributed by atoms with van der Waals surface area (Å²) in [6.07, 6.45) is 3.01. The van der Waals surface area contributed by atoms with Crippen LogP contribution in [0.25, 0.3) is 11.0 Å². The van der Waals surface area contributed by atoms with Crippen LogP contribution >= 0.6 is 0 Å². The van der Waals surface area contributed by atoms with Crippen molar-refractivity contribution >= 4 is 22.6 Å². The number of H-pyrrole nitrogens is 1. The molecule has 0 saturated heterocycles. The van der Waals surface area contributed by atoms with Crippen molar-refractivity contribution in [3.8, 4) is 0 Å². The first-order valence-electron chi connectivity index (χ1n) is 10.5. The number of anilines is 1. The monoisotopic (exact) mass is 449 g/mol. The van der Waals surface area contributed by atoms with E-state index in [1.165, 1.54) is 12.3 Å². The number of aromatic nitrogens is 4. The minimum Gasteiger partial charge on any atom is -0.360 e. The third-order valence-electron chi connectivity index (χ3n) is 5.96. The number of carbonyl (C=O) groups excluding carboxylic acids is 1. The summed E-state index contributed by atoms with van der Waals surface area (Å²) in [5.41, 5.74) is 0.482. The molecule has 4 rings (SSSR count). The van der Waals surface area contributed by atoms with Crippen molar-refractivity contribution in [1.29, 1.82) is 0 Å². The summed E-state index contributed by atoms with van der Waals surface area (Å²) < 4.78 is 52.7. The fourth-order valence-corrected chi connectivity index (χ4v) is 4.19. The lowest BCUT2D eigenvalue weighted by atomic mass is 9.81. The van der Waals surface area contributed by atoms with Crippen LogP contribution in [0.3, 0.4) is 0 Å². The van der Waals surface area contributed by atoms with Gasteiger partial charge in [-0.3, -0.25) is 4.79 Å². The highest BCUT2D eigenvalue weighted by Crippen LogP contribution is 2.31. The summed E-state index contributed by atoms with van der Waals surface area (Å²) >= 11 is 0. The molecule has 0 bridgehead atoms. The van der Waals surface area contributed by atoms with Gasteiger partial charge in [-0.2, -0.15) is 17.6 Å². The molecule has 2 N–H and O–H groups in total. The minimum atomic E-state index is -4.47. The van der Waals surface area contributed by atoms with Gasteiger partial charge in [-0.05, 0) is 43.2 Å². The number of hydrogen-bond acceptors (Lipinski definition) is 5. The maximum Gasteiger partial charge on any atom is 0.405 e. The molecule has 1 saturated carbocycles. The number of pyridine rings is 1. The standard InChI is InChI=1S/C22H23F4N5O/c1-12-2-4-13(5-3-12)8-14-6-7-15(19(23)31-14)18(32)16-9-27-20-17(16)21(30-11-29-20)28-10-22(24,25)26/h6-7,9,11-13H,2-5,8,10H2,1H3,(H2,27,28,29,30). The zero-order chi connectivity index (χ0) is 22.9. The Hall–Kier alpha value is -3.04. The third-order valence-corrected chi connectivity index (χ3v) is 5.96. The zero-order valence-electron chi connectivity index (χ0n) is 17.5. The van der Waals surface area contributed by atoms with Gasteiger partial charge in [-0.25, -0.2) is 15.0 Å². The highest BCUT2D eigenvalue weighted by Gasteiger charge is 2.28. The summed E-state index contributed by atoms with van der Waals surface area (Å²) in [5.74, 6) is -0.593. The first-order valence-corrected chi connectivity index (χ1v) is 10.5.